The highest BCUT2D eigenvalue weighted by Gasteiger charge is 2.51. The highest BCUT2D eigenvalue weighted by atomic mass is 32.2. The summed E-state index contributed by atoms with van der Waals surface area (Å²) in [7, 11) is 0. The fraction of sp³-hybridized carbons (Fsp3) is 0.750. The Morgan fingerprint density at radius 2 is 2.40 bits per heavy atom. The van der Waals surface area contributed by atoms with Gasteiger partial charge in [-0.1, -0.05) is 31.7 Å². The second-order valence-corrected chi connectivity index (χ2v) is 6.47. The van der Waals surface area contributed by atoms with Crippen molar-refractivity contribution in [3.8, 4) is 0 Å². The smallest absolute Gasteiger partial charge is 0.220 e. The molecule has 0 aromatic carbocycles. The molecule has 3 aliphatic rings. The van der Waals surface area contributed by atoms with Crippen LogP contribution in [0.25, 0.3) is 0 Å². The predicted octanol–water partition coefficient (Wildman–Crippen LogP) is 3.64. The zero-order valence-electron chi connectivity index (χ0n) is 9.58. The molecular weight excluding hydrogens is 224 g/mol. The summed E-state index contributed by atoms with van der Waals surface area (Å²) in [5.41, 5.74) is 1.97. The van der Waals surface area contributed by atoms with Crippen LogP contribution in [-0.4, -0.2) is 17.2 Å². The largest absolute Gasteiger partial charge is 0.474 e. The van der Waals surface area contributed by atoms with E-state index in [1.54, 1.807) is 0 Å². The maximum Gasteiger partial charge on any atom is 0.220 e. The molecule has 15 heavy (non-hydrogen) atoms. The molecule has 3 rings (SSSR count). The van der Waals surface area contributed by atoms with Crippen molar-refractivity contribution in [1.82, 2.24) is 0 Å². The first-order valence-corrected chi connectivity index (χ1v) is 7.08. The van der Waals surface area contributed by atoms with Crippen molar-refractivity contribution in [2.24, 2.45) is 17.3 Å². The monoisotopic (exact) mass is 242 g/mol. The van der Waals surface area contributed by atoms with E-state index >= 15 is 0 Å². The molecule has 0 N–H and O–H groups in total. The lowest BCUT2D eigenvalue weighted by Gasteiger charge is -2.56. The number of hydrogen-bond donors (Lipinski definition) is 0. The molecule has 0 aliphatic heterocycles. The van der Waals surface area contributed by atoms with Gasteiger partial charge in [-0.2, -0.15) is 0 Å². The molecule has 0 spiro atoms. The summed E-state index contributed by atoms with van der Waals surface area (Å²) in [4.78, 5) is 0. The van der Waals surface area contributed by atoms with E-state index in [1.807, 2.05) is 6.26 Å². The number of rotatable bonds is 2. The lowest BCUT2D eigenvalue weighted by atomic mass is 9.49. The first kappa shape index (κ1) is 11.5. The molecule has 1 saturated carbocycles. The third-order valence-corrected chi connectivity index (χ3v) is 5.18. The summed E-state index contributed by atoms with van der Waals surface area (Å²) in [6.45, 7) is 5.47. The van der Waals surface area contributed by atoms with Gasteiger partial charge in [0, 0.05) is 0 Å². The molecule has 0 radical (unpaired) electrons. The standard InChI is InChI=1S/C12H18OS2/c1-12(2)9-5-4-8(10(12)6-9)7-13-11(14)15-3/h4,9-10H,5-7H2,1-3H3. The van der Waals surface area contributed by atoms with Crippen LogP contribution in [0.15, 0.2) is 11.6 Å². The van der Waals surface area contributed by atoms with E-state index in [0.717, 1.165) is 11.8 Å². The zero-order valence-corrected chi connectivity index (χ0v) is 11.2. The van der Waals surface area contributed by atoms with Gasteiger partial charge >= 0.3 is 0 Å². The second kappa shape index (κ2) is 4.10. The molecule has 0 amide bonds. The van der Waals surface area contributed by atoms with Crippen molar-refractivity contribution >= 4 is 28.4 Å². The molecule has 2 atom stereocenters. The van der Waals surface area contributed by atoms with Crippen LogP contribution in [0.3, 0.4) is 0 Å². The van der Waals surface area contributed by atoms with Crippen LogP contribution in [0.5, 0.6) is 0 Å². The molecule has 0 heterocycles. The van der Waals surface area contributed by atoms with Crippen LogP contribution in [0.4, 0.5) is 0 Å². The molecule has 84 valence electrons. The van der Waals surface area contributed by atoms with Gasteiger partial charge in [-0.05, 0) is 54.1 Å². The lowest BCUT2D eigenvalue weighted by Crippen LogP contribution is -2.48. The molecule has 2 bridgehead atoms. The highest BCUT2D eigenvalue weighted by molar-refractivity contribution is 8.22. The Labute approximate surface area is 102 Å². The summed E-state index contributed by atoms with van der Waals surface area (Å²) < 4.78 is 6.21. The van der Waals surface area contributed by atoms with E-state index in [1.165, 1.54) is 30.2 Å². The van der Waals surface area contributed by atoms with E-state index in [9.17, 15) is 0 Å². The Balaban J connectivity index is 1.94. The number of allylic oxidation sites excluding steroid dienone is 1. The van der Waals surface area contributed by atoms with Crippen LogP contribution in [-0.2, 0) is 4.74 Å². The van der Waals surface area contributed by atoms with Gasteiger partial charge in [0.25, 0.3) is 0 Å². The topological polar surface area (TPSA) is 9.23 Å². The Hall–Kier alpha value is -0.0200. The summed E-state index contributed by atoms with van der Waals surface area (Å²) in [5, 5.41) is 0. The van der Waals surface area contributed by atoms with Crippen molar-refractivity contribution < 1.29 is 4.74 Å². The molecule has 0 aromatic rings. The van der Waals surface area contributed by atoms with Crippen molar-refractivity contribution in [3.63, 3.8) is 0 Å². The van der Waals surface area contributed by atoms with Gasteiger partial charge in [0.2, 0.25) is 4.38 Å². The minimum absolute atomic E-state index is 0.494. The van der Waals surface area contributed by atoms with Crippen molar-refractivity contribution in [3.05, 3.63) is 11.6 Å². The molecule has 0 aromatic heterocycles. The number of thiocarbonyl (C=S) groups is 1. The first-order valence-electron chi connectivity index (χ1n) is 5.45. The van der Waals surface area contributed by atoms with Crippen LogP contribution in [0, 0.1) is 17.3 Å². The number of thioether (sulfide) groups is 1. The lowest BCUT2D eigenvalue weighted by molar-refractivity contribution is -0.0117. The van der Waals surface area contributed by atoms with E-state index in [4.69, 9.17) is 17.0 Å². The molecule has 1 nitrogen and oxygen atoms in total. The van der Waals surface area contributed by atoms with Crippen LogP contribution >= 0.6 is 24.0 Å². The van der Waals surface area contributed by atoms with E-state index in [0.29, 0.717) is 16.4 Å². The Bertz CT molecular complexity index is 307. The zero-order chi connectivity index (χ0) is 11.1. The predicted molar refractivity (Wildman–Crippen MR) is 70.1 cm³/mol. The average molecular weight is 242 g/mol. The summed E-state index contributed by atoms with van der Waals surface area (Å²) in [6.07, 6.45) is 6.91. The number of hydrogen-bond acceptors (Lipinski definition) is 3. The molecule has 0 saturated heterocycles. The molecular formula is C12H18OS2. The van der Waals surface area contributed by atoms with Crippen LogP contribution in [0.1, 0.15) is 26.7 Å². The van der Waals surface area contributed by atoms with Crippen molar-refractivity contribution in [1.29, 1.82) is 0 Å². The summed E-state index contributed by atoms with van der Waals surface area (Å²) in [6, 6.07) is 0. The highest BCUT2D eigenvalue weighted by Crippen LogP contribution is 2.59. The van der Waals surface area contributed by atoms with Crippen molar-refractivity contribution in [2.75, 3.05) is 12.9 Å². The van der Waals surface area contributed by atoms with Gasteiger partial charge in [0.15, 0.2) is 0 Å². The fourth-order valence-electron chi connectivity index (χ4n) is 2.84. The van der Waals surface area contributed by atoms with Gasteiger partial charge in [-0.15, -0.1) is 0 Å². The molecule has 1 fully saturated rings. The summed E-state index contributed by atoms with van der Waals surface area (Å²) in [5.74, 6) is 1.64. The normalized spacial score (nSPS) is 31.5. The van der Waals surface area contributed by atoms with Gasteiger partial charge in [0.05, 0.1) is 0 Å². The number of ether oxygens (including phenoxy) is 1. The van der Waals surface area contributed by atoms with Gasteiger partial charge in [-0.25, -0.2) is 0 Å². The minimum Gasteiger partial charge on any atom is -0.474 e. The van der Waals surface area contributed by atoms with Gasteiger partial charge < -0.3 is 4.74 Å². The van der Waals surface area contributed by atoms with Crippen molar-refractivity contribution in [2.45, 2.75) is 26.7 Å². The average Bonchev–Trinajstić information content (AvgIpc) is 2.25. The quantitative estimate of drug-likeness (QED) is 0.540. The third kappa shape index (κ3) is 1.96. The maximum absolute atomic E-state index is 5.55. The van der Waals surface area contributed by atoms with E-state index in [2.05, 4.69) is 19.9 Å². The van der Waals surface area contributed by atoms with Gasteiger partial charge in [0.1, 0.15) is 6.61 Å². The Kier molecular flexibility index (Phi) is 3.13. The summed E-state index contributed by atoms with van der Waals surface area (Å²) >= 11 is 6.56. The third-order valence-electron chi connectivity index (χ3n) is 4.11. The molecule has 3 aliphatic carbocycles. The second-order valence-electron chi connectivity index (χ2n) is 5.06. The minimum atomic E-state index is 0.494. The Morgan fingerprint density at radius 3 is 2.93 bits per heavy atom. The van der Waals surface area contributed by atoms with E-state index in [-0.39, 0.29) is 0 Å². The first-order chi connectivity index (χ1) is 7.05. The maximum atomic E-state index is 5.55. The SMILES string of the molecule is CSC(=S)OCC1=CCC2CC1C2(C)C. The number of fused-ring (bicyclic) bond motifs is 1. The van der Waals surface area contributed by atoms with E-state index < -0.39 is 0 Å². The fourth-order valence-corrected chi connectivity index (χ4v) is 3.08. The molecule has 2 unspecified atom stereocenters. The van der Waals surface area contributed by atoms with Gasteiger partial charge in [-0.3, -0.25) is 0 Å². The van der Waals surface area contributed by atoms with Crippen LogP contribution < -0.4 is 0 Å². The Morgan fingerprint density at radius 1 is 1.67 bits per heavy atom. The molecule has 3 heteroatoms. The van der Waals surface area contributed by atoms with Crippen LogP contribution in [0.2, 0.25) is 0 Å².